The van der Waals surface area contributed by atoms with Crippen molar-refractivity contribution in [1.82, 2.24) is 9.97 Å². The SMILES string of the molecule is COC(=O)C1=C(C)Nc2nc(=S)[nH]c(N)c2C1c1ccc(C)cc1. The van der Waals surface area contributed by atoms with Crippen molar-refractivity contribution in [3.63, 3.8) is 0 Å². The molecule has 3 rings (SSSR count). The van der Waals surface area contributed by atoms with Gasteiger partial charge in [-0.15, -0.1) is 0 Å². The van der Waals surface area contributed by atoms with E-state index >= 15 is 0 Å². The van der Waals surface area contributed by atoms with E-state index in [1.807, 2.05) is 38.1 Å². The van der Waals surface area contributed by atoms with Crippen LogP contribution in [0.4, 0.5) is 11.6 Å². The van der Waals surface area contributed by atoms with Crippen molar-refractivity contribution in [3.8, 4) is 0 Å². The van der Waals surface area contributed by atoms with E-state index in [0.717, 1.165) is 11.1 Å². The predicted octanol–water partition coefficient (Wildman–Crippen LogP) is 3.03. The largest absolute Gasteiger partial charge is 0.466 e. The Balaban J connectivity index is 2.29. The molecule has 124 valence electrons. The highest BCUT2D eigenvalue weighted by atomic mass is 32.1. The molecule has 24 heavy (non-hydrogen) atoms. The average molecular weight is 342 g/mol. The Morgan fingerprint density at radius 3 is 2.58 bits per heavy atom. The fraction of sp³-hybridized carbons (Fsp3) is 0.235. The number of hydrogen-bond donors (Lipinski definition) is 3. The smallest absolute Gasteiger partial charge is 0.336 e. The molecule has 0 aliphatic carbocycles. The molecule has 2 heterocycles. The molecule has 6 nitrogen and oxygen atoms in total. The number of rotatable bonds is 2. The molecular formula is C17H18N4O2S. The van der Waals surface area contributed by atoms with Gasteiger partial charge in [0.1, 0.15) is 11.6 Å². The van der Waals surface area contributed by atoms with Crippen LogP contribution in [0.25, 0.3) is 0 Å². The monoisotopic (exact) mass is 342 g/mol. The van der Waals surface area contributed by atoms with Crippen LogP contribution >= 0.6 is 12.2 Å². The van der Waals surface area contributed by atoms with Crippen molar-refractivity contribution in [3.05, 3.63) is 57.0 Å². The van der Waals surface area contributed by atoms with Crippen molar-refractivity contribution in [1.29, 1.82) is 0 Å². The first-order valence-electron chi connectivity index (χ1n) is 7.44. The van der Waals surface area contributed by atoms with Gasteiger partial charge in [-0.2, -0.15) is 0 Å². The molecule has 0 bridgehead atoms. The molecule has 0 saturated heterocycles. The summed E-state index contributed by atoms with van der Waals surface area (Å²) in [5.41, 5.74) is 10.1. The summed E-state index contributed by atoms with van der Waals surface area (Å²) in [5.74, 6) is 0.163. The number of anilines is 2. The Kier molecular flexibility index (Phi) is 4.11. The van der Waals surface area contributed by atoms with E-state index in [2.05, 4.69) is 15.3 Å². The number of hydrogen-bond acceptors (Lipinski definition) is 6. The number of carbonyl (C=O) groups is 1. The summed E-state index contributed by atoms with van der Waals surface area (Å²) in [4.78, 5) is 19.6. The first-order valence-corrected chi connectivity index (χ1v) is 7.85. The second-order valence-electron chi connectivity index (χ2n) is 5.72. The third-order valence-electron chi connectivity index (χ3n) is 4.10. The molecule has 1 aromatic heterocycles. The highest BCUT2D eigenvalue weighted by molar-refractivity contribution is 7.71. The predicted molar refractivity (Wildman–Crippen MR) is 95.2 cm³/mol. The number of nitrogens with zero attached hydrogens (tertiary/aromatic N) is 1. The molecule has 1 aliphatic rings. The minimum atomic E-state index is -0.405. The minimum Gasteiger partial charge on any atom is -0.466 e. The Hall–Kier alpha value is -2.67. The summed E-state index contributed by atoms with van der Waals surface area (Å²) < 4.78 is 5.27. The Labute approximate surface area is 144 Å². The van der Waals surface area contributed by atoms with Crippen LogP contribution in [-0.4, -0.2) is 23.0 Å². The van der Waals surface area contributed by atoms with Gasteiger partial charge in [0.15, 0.2) is 4.77 Å². The number of aromatic nitrogens is 2. The van der Waals surface area contributed by atoms with Gasteiger partial charge in [-0.05, 0) is 31.6 Å². The molecule has 0 spiro atoms. The third kappa shape index (κ3) is 2.67. The van der Waals surface area contributed by atoms with Crippen LogP contribution in [0.3, 0.4) is 0 Å². The summed E-state index contributed by atoms with van der Waals surface area (Å²) >= 11 is 5.11. The molecule has 7 heteroatoms. The summed E-state index contributed by atoms with van der Waals surface area (Å²) in [5, 5.41) is 3.12. The van der Waals surface area contributed by atoms with Crippen molar-refractivity contribution >= 4 is 29.8 Å². The average Bonchev–Trinajstić information content (AvgIpc) is 2.53. The van der Waals surface area contributed by atoms with E-state index in [-0.39, 0.29) is 10.7 Å². The molecule has 0 amide bonds. The number of nitrogen functional groups attached to an aromatic ring is 1. The fourth-order valence-corrected chi connectivity index (χ4v) is 3.17. The second kappa shape index (κ2) is 6.09. The molecule has 0 saturated carbocycles. The van der Waals surface area contributed by atoms with Crippen molar-refractivity contribution in [2.24, 2.45) is 0 Å². The lowest BCUT2D eigenvalue weighted by Crippen LogP contribution is -2.26. The zero-order chi connectivity index (χ0) is 17.4. The van der Waals surface area contributed by atoms with E-state index in [1.54, 1.807) is 0 Å². The molecule has 1 aromatic carbocycles. The number of allylic oxidation sites excluding steroid dienone is 1. The van der Waals surface area contributed by atoms with Crippen LogP contribution in [0.5, 0.6) is 0 Å². The Morgan fingerprint density at radius 1 is 1.29 bits per heavy atom. The van der Waals surface area contributed by atoms with Gasteiger partial charge in [0.25, 0.3) is 0 Å². The first kappa shape index (κ1) is 16.2. The van der Waals surface area contributed by atoms with Gasteiger partial charge in [0.2, 0.25) is 0 Å². The molecule has 1 aliphatic heterocycles. The molecule has 1 unspecified atom stereocenters. The highest BCUT2D eigenvalue weighted by Crippen LogP contribution is 2.43. The van der Waals surface area contributed by atoms with Gasteiger partial charge in [0.05, 0.1) is 18.6 Å². The number of methoxy groups -OCH3 is 1. The van der Waals surface area contributed by atoms with E-state index < -0.39 is 5.97 Å². The molecule has 4 N–H and O–H groups in total. The highest BCUT2D eigenvalue weighted by Gasteiger charge is 2.35. The fourth-order valence-electron chi connectivity index (χ4n) is 2.97. The summed E-state index contributed by atoms with van der Waals surface area (Å²) in [6.45, 7) is 3.82. The quantitative estimate of drug-likeness (QED) is 0.574. The van der Waals surface area contributed by atoms with E-state index in [1.165, 1.54) is 7.11 Å². The van der Waals surface area contributed by atoms with Crippen LogP contribution in [0.15, 0.2) is 35.5 Å². The molecule has 0 radical (unpaired) electrons. The standard InChI is InChI=1S/C17H18N4O2S/c1-8-4-6-10(7-5-8)12-11(16(22)23-3)9(2)19-15-13(12)14(18)20-17(24)21-15/h4-7,12H,1-3H3,(H4,18,19,20,21,24). The lowest BCUT2D eigenvalue weighted by molar-refractivity contribution is -0.136. The van der Waals surface area contributed by atoms with Crippen LogP contribution in [0.1, 0.15) is 29.5 Å². The number of aryl methyl sites for hydroxylation is 1. The van der Waals surface area contributed by atoms with Gasteiger partial charge < -0.3 is 20.8 Å². The number of benzene rings is 1. The minimum absolute atomic E-state index is 0.288. The second-order valence-corrected chi connectivity index (χ2v) is 6.10. The van der Waals surface area contributed by atoms with Crippen LogP contribution in [0, 0.1) is 11.7 Å². The maximum Gasteiger partial charge on any atom is 0.336 e. The Morgan fingerprint density at radius 2 is 1.96 bits per heavy atom. The molecule has 1 atom stereocenters. The van der Waals surface area contributed by atoms with Gasteiger partial charge in [-0.25, -0.2) is 9.78 Å². The number of aromatic amines is 1. The number of fused-ring (bicyclic) bond motifs is 1. The van der Waals surface area contributed by atoms with Crippen molar-refractivity contribution in [2.75, 3.05) is 18.2 Å². The van der Waals surface area contributed by atoms with Crippen molar-refractivity contribution in [2.45, 2.75) is 19.8 Å². The maximum atomic E-state index is 12.4. The number of ether oxygens (including phenoxy) is 1. The normalized spacial score (nSPS) is 16.4. The van der Waals surface area contributed by atoms with Crippen LogP contribution in [0.2, 0.25) is 0 Å². The van der Waals surface area contributed by atoms with Crippen molar-refractivity contribution < 1.29 is 9.53 Å². The topological polar surface area (TPSA) is 93.0 Å². The summed E-state index contributed by atoms with van der Waals surface area (Å²) in [7, 11) is 1.37. The number of nitrogens with two attached hydrogens (primary N) is 1. The number of H-pyrrole nitrogens is 1. The number of esters is 1. The lowest BCUT2D eigenvalue weighted by atomic mass is 9.81. The molecule has 0 fully saturated rings. The van der Waals surface area contributed by atoms with E-state index in [4.69, 9.17) is 22.7 Å². The number of nitrogens with one attached hydrogen (secondary N) is 2. The third-order valence-corrected chi connectivity index (χ3v) is 4.30. The molecule has 2 aromatic rings. The van der Waals surface area contributed by atoms with Gasteiger partial charge in [-0.1, -0.05) is 29.8 Å². The summed E-state index contributed by atoms with van der Waals surface area (Å²) in [6, 6.07) is 7.95. The van der Waals surface area contributed by atoms with E-state index in [0.29, 0.717) is 28.5 Å². The van der Waals surface area contributed by atoms with Crippen LogP contribution < -0.4 is 11.1 Å². The van der Waals surface area contributed by atoms with Gasteiger partial charge >= 0.3 is 5.97 Å². The van der Waals surface area contributed by atoms with Crippen LogP contribution in [-0.2, 0) is 9.53 Å². The molecular weight excluding hydrogens is 324 g/mol. The first-order chi connectivity index (χ1) is 11.4. The number of carbonyl (C=O) groups excluding carboxylic acids is 1. The maximum absolute atomic E-state index is 12.4. The van der Waals surface area contributed by atoms with Gasteiger partial charge in [0, 0.05) is 11.3 Å². The lowest BCUT2D eigenvalue weighted by Gasteiger charge is -2.29. The van der Waals surface area contributed by atoms with E-state index in [9.17, 15) is 4.79 Å². The Bertz CT molecular complexity index is 900. The summed E-state index contributed by atoms with van der Waals surface area (Å²) in [6.07, 6.45) is 0. The van der Waals surface area contributed by atoms with Gasteiger partial charge in [-0.3, -0.25) is 0 Å². The zero-order valence-corrected chi connectivity index (χ0v) is 14.5. The zero-order valence-electron chi connectivity index (χ0n) is 13.6.